The standard InChI is InChI=1S/C20H27N5O7/c1-10(23-19(30)16(9-27)25-18(29)13(21)8-26)17(28)24-15(20(31)32)6-11-7-22-14-5-3-2-4-12(11)14/h2-5,7,10,13,15-16,22,26-27H,6,8-9,21H2,1H3,(H,23,30)(H,24,28)(H,25,29)(H,31,32). The molecular weight excluding hydrogens is 422 g/mol. The van der Waals surface area contributed by atoms with Crippen molar-refractivity contribution in [3.05, 3.63) is 36.0 Å². The van der Waals surface area contributed by atoms with Gasteiger partial charge < -0.3 is 42.0 Å². The number of aliphatic carboxylic acids is 1. The molecule has 174 valence electrons. The van der Waals surface area contributed by atoms with Crippen LogP contribution in [0.2, 0.25) is 0 Å². The van der Waals surface area contributed by atoms with Crippen LogP contribution in [0.3, 0.4) is 0 Å². The highest BCUT2D eigenvalue weighted by Gasteiger charge is 2.28. The number of nitrogens with two attached hydrogens (primary N) is 1. The highest BCUT2D eigenvalue weighted by molar-refractivity contribution is 5.94. The first-order chi connectivity index (χ1) is 15.2. The van der Waals surface area contributed by atoms with E-state index in [0.29, 0.717) is 5.56 Å². The molecule has 1 heterocycles. The maximum atomic E-state index is 12.5. The van der Waals surface area contributed by atoms with E-state index in [-0.39, 0.29) is 6.42 Å². The molecule has 0 aliphatic heterocycles. The summed E-state index contributed by atoms with van der Waals surface area (Å²) in [4.78, 5) is 51.2. The van der Waals surface area contributed by atoms with Gasteiger partial charge >= 0.3 is 5.97 Å². The first kappa shape index (κ1) is 24.8. The first-order valence-electron chi connectivity index (χ1n) is 9.84. The summed E-state index contributed by atoms with van der Waals surface area (Å²) >= 11 is 0. The fourth-order valence-electron chi connectivity index (χ4n) is 2.95. The molecule has 2 aromatic rings. The lowest BCUT2D eigenvalue weighted by Gasteiger charge is -2.22. The smallest absolute Gasteiger partial charge is 0.326 e. The zero-order valence-electron chi connectivity index (χ0n) is 17.4. The van der Waals surface area contributed by atoms with Gasteiger partial charge in [0.05, 0.1) is 13.2 Å². The molecule has 0 saturated heterocycles. The van der Waals surface area contributed by atoms with Crippen molar-refractivity contribution in [1.29, 1.82) is 0 Å². The molecule has 0 radical (unpaired) electrons. The summed E-state index contributed by atoms with van der Waals surface area (Å²) in [6, 6.07) is 2.22. The number of aromatic amines is 1. The maximum Gasteiger partial charge on any atom is 0.326 e. The van der Waals surface area contributed by atoms with Gasteiger partial charge in [0.2, 0.25) is 17.7 Å². The van der Waals surface area contributed by atoms with E-state index >= 15 is 0 Å². The number of carboxylic acids is 1. The van der Waals surface area contributed by atoms with Crippen molar-refractivity contribution in [2.24, 2.45) is 5.73 Å². The molecule has 1 aromatic carbocycles. The van der Waals surface area contributed by atoms with Gasteiger partial charge in [-0.05, 0) is 18.6 Å². The lowest BCUT2D eigenvalue weighted by Crippen LogP contribution is -2.57. The molecule has 1 aromatic heterocycles. The number of nitrogens with one attached hydrogen (secondary N) is 4. The predicted octanol–water partition coefficient (Wildman–Crippen LogP) is -2.42. The van der Waals surface area contributed by atoms with E-state index in [1.807, 2.05) is 24.3 Å². The van der Waals surface area contributed by atoms with Crippen LogP contribution in [0.15, 0.2) is 30.5 Å². The van der Waals surface area contributed by atoms with E-state index in [1.165, 1.54) is 6.92 Å². The van der Waals surface area contributed by atoms with Crippen LogP contribution in [0, 0.1) is 0 Å². The number of benzene rings is 1. The van der Waals surface area contributed by atoms with Gasteiger partial charge in [0.1, 0.15) is 24.2 Å². The van der Waals surface area contributed by atoms with Gasteiger partial charge in [-0.15, -0.1) is 0 Å². The Morgan fingerprint density at radius 2 is 1.62 bits per heavy atom. The van der Waals surface area contributed by atoms with Crippen LogP contribution >= 0.6 is 0 Å². The summed E-state index contributed by atoms with van der Waals surface area (Å²) < 4.78 is 0. The number of aliphatic hydroxyl groups excluding tert-OH is 2. The lowest BCUT2D eigenvalue weighted by molar-refractivity contribution is -0.142. The Labute approximate surface area is 183 Å². The normalized spacial score (nSPS) is 14.8. The van der Waals surface area contributed by atoms with Crippen molar-refractivity contribution in [2.75, 3.05) is 13.2 Å². The summed E-state index contributed by atoms with van der Waals surface area (Å²) in [5.41, 5.74) is 6.88. The largest absolute Gasteiger partial charge is 0.480 e. The number of carboxylic acid groups (broad SMARTS) is 1. The lowest BCUT2D eigenvalue weighted by atomic mass is 10.0. The summed E-state index contributed by atoms with van der Waals surface area (Å²) in [5.74, 6) is -3.75. The van der Waals surface area contributed by atoms with Crippen molar-refractivity contribution >= 4 is 34.6 Å². The summed E-state index contributed by atoms with van der Waals surface area (Å²) in [7, 11) is 0. The molecule has 12 nitrogen and oxygen atoms in total. The molecule has 9 N–H and O–H groups in total. The van der Waals surface area contributed by atoms with Gasteiger partial charge in [-0.1, -0.05) is 18.2 Å². The highest BCUT2D eigenvalue weighted by Crippen LogP contribution is 2.19. The Bertz CT molecular complexity index is 976. The van der Waals surface area contributed by atoms with Crippen LogP contribution in [-0.4, -0.2) is 81.4 Å². The van der Waals surface area contributed by atoms with Crippen molar-refractivity contribution in [2.45, 2.75) is 37.5 Å². The van der Waals surface area contributed by atoms with Crippen molar-refractivity contribution in [3.8, 4) is 0 Å². The zero-order valence-corrected chi connectivity index (χ0v) is 17.4. The molecule has 32 heavy (non-hydrogen) atoms. The number of H-pyrrole nitrogens is 1. The number of hydrogen-bond donors (Lipinski definition) is 8. The molecular formula is C20H27N5O7. The van der Waals surface area contributed by atoms with Gasteiger partial charge in [0, 0.05) is 23.5 Å². The highest BCUT2D eigenvalue weighted by atomic mass is 16.4. The fourth-order valence-corrected chi connectivity index (χ4v) is 2.95. The molecule has 4 atom stereocenters. The van der Waals surface area contributed by atoms with Crippen LogP contribution in [0.5, 0.6) is 0 Å². The third-order valence-corrected chi connectivity index (χ3v) is 4.81. The van der Waals surface area contributed by atoms with Gasteiger partial charge in [-0.2, -0.15) is 0 Å². The molecule has 3 amide bonds. The van der Waals surface area contributed by atoms with E-state index in [1.54, 1.807) is 6.20 Å². The molecule has 0 spiro atoms. The number of hydrogen-bond acceptors (Lipinski definition) is 7. The Hall–Kier alpha value is -3.48. The third-order valence-electron chi connectivity index (χ3n) is 4.81. The number of aliphatic hydroxyl groups is 2. The topological polar surface area (TPSA) is 207 Å². The average molecular weight is 449 g/mol. The van der Waals surface area contributed by atoms with Crippen LogP contribution in [0.25, 0.3) is 10.9 Å². The molecule has 12 heteroatoms. The number of carbonyl (C=O) groups excluding carboxylic acids is 3. The summed E-state index contributed by atoms with van der Waals surface area (Å²) in [6.07, 6.45) is 1.68. The van der Waals surface area contributed by atoms with Crippen molar-refractivity contribution < 1.29 is 34.5 Å². The SMILES string of the molecule is CC(NC(=O)C(CO)NC(=O)C(N)CO)C(=O)NC(Cc1c[nH]c2ccccc12)C(=O)O. The van der Waals surface area contributed by atoms with E-state index in [2.05, 4.69) is 20.9 Å². The van der Waals surface area contributed by atoms with E-state index in [4.69, 9.17) is 10.8 Å². The van der Waals surface area contributed by atoms with Gasteiger partial charge in [0.25, 0.3) is 0 Å². The quantitative estimate of drug-likeness (QED) is 0.185. The average Bonchev–Trinajstić information content (AvgIpc) is 3.18. The molecule has 0 fully saturated rings. The van der Waals surface area contributed by atoms with Gasteiger partial charge in [-0.3, -0.25) is 14.4 Å². The fraction of sp³-hybridized carbons (Fsp3) is 0.400. The van der Waals surface area contributed by atoms with E-state index < -0.39 is 61.1 Å². The molecule has 0 saturated carbocycles. The number of aromatic nitrogens is 1. The zero-order chi connectivity index (χ0) is 23.8. The minimum atomic E-state index is -1.41. The number of amides is 3. The first-order valence-corrected chi connectivity index (χ1v) is 9.84. The predicted molar refractivity (Wildman–Crippen MR) is 113 cm³/mol. The Morgan fingerprint density at radius 3 is 2.25 bits per heavy atom. The third kappa shape index (κ3) is 6.26. The molecule has 0 aliphatic rings. The Morgan fingerprint density at radius 1 is 0.969 bits per heavy atom. The van der Waals surface area contributed by atoms with Crippen LogP contribution in [0.1, 0.15) is 12.5 Å². The molecule has 2 rings (SSSR count). The van der Waals surface area contributed by atoms with Crippen LogP contribution < -0.4 is 21.7 Å². The van der Waals surface area contributed by atoms with E-state index in [0.717, 1.165) is 10.9 Å². The van der Waals surface area contributed by atoms with E-state index in [9.17, 15) is 29.4 Å². The Kier molecular flexibility index (Phi) is 8.70. The maximum absolute atomic E-state index is 12.5. The number of para-hydroxylation sites is 1. The van der Waals surface area contributed by atoms with Crippen LogP contribution in [-0.2, 0) is 25.6 Å². The minimum Gasteiger partial charge on any atom is -0.480 e. The van der Waals surface area contributed by atoms with Crippen molar-refractivity contribution in [3.63, 3.8) is 0 Å². The summed E-state index contributed by atoms with van der Waals surface area (Å²) in [6.45, 7) is -0.104. The summed E-state index contributed by atoms with van der Waals surface area (Å²) in [5, 5.41) is 35.4. The van der Waals surface area contributed by atoms with Gasteiger partial charge in [-0.25, -0.2) is 4.79 Å². The second-order valence-corrected chi connectivity index (χ2v) is 7.23. The molecule has 4 unspecified atom stereocenters. The number of fused-ring (bicyclic) bond motifs is 1. The number of rotatable bonds is 11. The molecule has 0 bridgehead atoms. The minimum absolute atomic E-state index is 0.0140. The Balaban J connectivity index is 1.99. The monoisotopic (exact) mass is 449 g/mol. The van der Waals surface area contributed by atoms with Crippen LogP contribution in [0.4, 0.5) is 0 Å². The van der Waals surface area contributed by atoms with Gasteiger partial charge in [0.15, 0.2) is 0 Å². The second-order valence-electron chi connectivity index (χ2n) is 7.23. The molecule has 0 aliphatic carbocycles. The number of carbonyl (C=O) groups is 4. The van der Waals surface area contributed by atoms with Crippen molar-refractivity contribution in [1.82, 2.24) is 20.9 Å². The second kappa shape index (κ2) is 11.2.